The Morgan fingerprint density at radius 1 is 1.08 bits per heavy atom. The van der Waals surface area contributed by atoms with Crippen LogP contribution in [-0.2, 0) is 32.5 Å². The number of halogens is 1. The molecule has 0 aliphatic heterocycles. The number of nitrogens with two attached hydrogens (primary N) is 1. The third kappa shape index (κ3) is 5.73. The molecule has 0 atom stereocenters. The Balaban J connectivity index is 1.85. The number of aliphatic hydroxyl groups is 1. The van der Waals surface area contributed by atoms with Gasteiger partial charge in [-0.05, 0) is 48.7 Å². The minimum Gasteiger partial charge on any atom is -0.399 e. The van der Waals surface area contributed by atoms with E-state index in [0.29, 0.717) is 60.7 Å². The van der Waals surface area contributed by atoms with Crippen LogP contribution in [-0.4, -0.2) is 59.9 Å². The SMILES string of the molecule is CCCn1c(=O)c2c(nc(Cc3cc[nH]c3)n2CCN(CC)CCO)n(CCc2ccc(N)cc2F)c1=O. The normalized spacial score (nSPS) is 11.7. The molecule has 0 aliphatic rings. The summed E-state index contributed by atoms with van der Waals surface area (Å²) in [5.74, 6) is 0.233. The van der Waals surface area contributed by atoms with Gasteiger partial charge in [0.25, 0.3) is 5.56 Å². The smallest absolute Gasteiger partial charge is 0.332 e. The summed E-state index contributed by atoms with van der Waals surface area (Å²) in [6, 6.07) is 6.46. The van der Waals surface area contributed by atoms with Gasteiger partial charge in [0, 0.05) is 57.2 Å². The maximum absolute atomic E-state index is 14.5. The molecule has 0 bridgehead atoms. The number of nitrogens with zero attached hydrogens (tertiary/aromatic N) is 5. The van der Waals surface area contributed by atoms with Gasteiger partial charge in [-0.3, -0.25) is 18.8 Å². The second-order valence-electron chi connectivity index (χ2n) is 9.40. The van der Waals surface area contributed by atoms with Crippen LogP contribution in [0, 0.1) is 5.82 Å². The Morgan fingerprint density at radius 3 is 2.55 bits per heavy atom. The molecule has 204 valence electrons. The number of fused-ring (bicyclic) bond motifs is 1. The zero-order chi connectivity index (χ0) is 27.2. The predicted molar refractivity (Wildman–Crippen MR) is 146 cm³/mol. The molecule has 3 aromatic heterocycles. The molecule has 0 fully saturated rings. The fourth-order valence-electron chi connectivity index (χ4n) is 4.79. The first-order valence-electron chi connectivity index (χ1n) is 13.1. The first kappa shape index (κ1) is 27.3. The van der Waals surface area contributed by atoms with E-state index >= 15 is 0 Å². The molecule has 0 amide bonds. The van der Waals surface area contributed by atoms with Gasteiger partial charge >= 0.3 is 5.69 Å². The van der Waals surface area contributed by atoms with E-state index in [1.807, 2.05) is 36.9 Å². The van der Waals surface area contributed by atoms with Crippen LogP contribution in [0.4, 0.5) is 10.1 Å². The van der Waals surface area contributed by atoms with Crippen molar-refractivity contribution in [2.75, 3.05) is 32.0 Å². The summed E-state index contributed by atoms with van der Waals surface area (Å²) in [6.45, 7) is 6.74. The Morgan fingerprint density at radius 2 is 1.89 bits per heavy atom. The second kappa shape index (κ2) is 12.2. The number of benzene rings is 1. The monoisotopic (exact) mass is 525 g/mol. The van der Waals surface area contributed by atoms with E-state index in [9.17, 15) is 19.1 Å². The van der Waals surface area contributed by atoms with Crippen molar-refractivity contribution in [1.29, 1.82) is 0 Å². The number of imidazole rings is 1. The number of likely N-dealkylation sites (N-methyl/N-ethyl adjacent to an activating group) is 1. The number of nitrogens with one attached hydrogen (secondary N) is 1. The van der Waals surface area contributed by atoms with Gasteiger partial charge in [0.1, 0.15) is 11.6 Å². The van der Waals surface area contributed by atoms with Crippen molar-refractivity contribution in [2.45, 2.75) is 52.7 Å². The number of aromatic amines is 1. The van der Waals surface area contributed by atoms with Gasteiger partial charge in [-0.25, -0.2) is 14.2 Å². The van der Waals surface area contributed by atoms with Gasteiger partial charge in [0.15, 0.2) is 11.2 Å². The van der Waals surface area contributed by atoms with Crippen LogP contribution in [0.25, 0.3) is 11.2 Å². The van der Waals surface area contributed by atoms with Crippen LogP contribution in [0.5, 0.6) is 0 Å². The molecule has 4 rings (SSSR count). The van der Waals surface area contributed by atoms with E-state index in [-0.39, 0.29) is 31.7 Å². The predicted octanol–water partition coefficient (Wildman–Crippen LogP) is 1.97. The maximum Gasteiger partial charge on any atom is 0.332 e. The fraction of sp³-hybridized carbons (Fsp3) is 0.444. The number of anilines is 1. The van der Waals surface area contributed by atoms with E-state index in [0.717, 1.165) is 12.1 Å². The third-order valence-corrected chi connectivity index (χ3v) is 6.85. The Kier molecular flexibility index (Phi) is 8.80. The molecular weight excluding hydrogens is 489 g/mol. The molecule has 38 heavy (non-hydrogen) atoms. The highest BCUT2D eigenvalue weighted by molar-refractivity contribution is 5.71. The number of aliphatic hydroxyl groups excluding tert-OH is 1. The fourth-order valence-corrected chi connectivity index (χ4v) is 4.79. The number of aromatic nitrogens is 5. The van der Waals surface area contributed by atoms with Crippen molar-refractivity contribution in [1.82, 2.24) is 28.6 Å². The Hall–Kier alpha value is -3.70. The van der Waals surface area contributed by atoms with Gasteiger partial charge in [-0.15, -0.1) is 0 Å². The molecule has 4 aromatic rings. The van der Waals surface area contributed by atoms with Crippen LogP contribution in [0.15, 0.2) is 46.2 Å². The topological polar surface area (TPSA) is 127 Å². The number of aryl methyl sites for hydroxylation is 2. The van der Waals surface area contributed by atoms with Crippen LogP contribution in [0.2, 0.25) is 0 Å². The highest BCUT2D eigenvalue weighted by Crippen LogP contribution is 2.18. The highest BCUT2D eigenvalue weighted by Gasteiger charge is 2.22. The average molecular weight is 526 g/mol. The van der Waals surface area contributed by atoms with Crippen LogP contribution in [0.1, 0.15) is 37.2 Å². The molecule has 10 nitrogen and oxygen atoms in total. The van der Waals surface area contributed by atoms with Crippen LogP contribution >= 0.6 is 0 Å². The van der Waals surface area contributed by atoms with E-state index in [2.05, 4.69) is 9.88 Å². The van der Waals surface area contributed by atoms with Crippen molar-refractivity contribution >= 4 is 16.9 Å². The number of hydrogen-bond donors (Lipinski definition) is 3. The zero-order valence-corrected chi connectivity index (χ0v) is 22.0. The van der Waals surface area contributed by atoms with Crippen molar-refractivity contribution in [3.05, 3.63) is 80.3 Å². The van der Waals surface area contributed by atoms with Gasteiger partial charge in [-0.1, -0.05) is 19.9 Å². The van der Waals surface area contributed by atoms with Gasteiger partial charge < -0.3 is 20.4 Å². The summed E-state index contributed by atoms with van der Waals surface area (Å²) >= 11 is 0. The second-order valence-corrected chi connectivity index (χ2v) is 9.40. The first-order chi connectivity index (χ1) is 18.4. The van der Waals surface area contributed by atoms with Crippen LogP contribution < -0.4 is 17.0 Å². The van der Waals surface area contributed by atoms with E-state index in [4.69, 9.17) is 10.7 Å². The lowest BCUT2D eigenvalue weighted by Crippen LogP contribution is -2.41. The van der Waals surface area contributed by atoms with Crippen molar-refractivity contribution in [3.8, 4) is 0 Å². The third-order valence-electron chi connectivity index (χ3n) is 6.85. The van der Waals surface area contributed by atoms with E-state index in [1.165, 1.54) is 15.2 Å². The molecule has 3 heterocycles. The standard InChI is InChI=1S/C27H36FN7O3/c1-3-10-35-26(37)24-25(34(27(35)38)11-8-20-5-6-21(29)17-22(20)28)31-23(16-19-7-9-30-18-19)33(24)13-12-32(4-2)14-15-36/h5-7,9,17-18,30,36H,3-4,8,10-16,29H2,1-2H3. The summed E-state index contributed by atoms with van der Waals surface area (Å²) < 4.78 is 19.2. The minimum atomic E-state index is -0.450. The van der Waals surface area contributed by atoms with Gasteiger partial charge in [0.05, 0.1) is 6.61 Å². The zero-order valence-electron chi connectivity index (χ0n) is 22.0. The summed E-state index contributed by atoms with van der Waals surface area (Å²) in [7, 11) is 0. The van der Waals surface area contributed by atoms with E-state index < -0.39 is 11.5 Å². The molecular formula is C27H36FN7O3. The largest absolute Gasteiger partial charge is 0.399 e. The lowest BCUT2D eigenvalue weighted by Gasteiger charge is -2.20. The number of H-pyrrole nitrogens is 1. The maximum atomic E-state index is 14.5. The lowest BCUT2D eigenvalue weighted by atomic mass is 10.1. The molecule has 0 spiro atoms. The summed E-state index contributed by atoms with van der Waals surface area (Å²) in [5.41, 5.74) is 7.29. The summed E-state index contributed by atoms with van der Waals surface area (Å²) in [5, 5.41) is 9.43. The number of nitrogen functional groups attached to an aromatic ring is 1. The lowest BCUT2D eigenvalue weighted by molar-refractivity contribution is 0.197. The van der Waals surface area contributed by atoms with Gasteiger partial charge in [0.2, 0.25) is 0 Å². The summed E-state index contributed by atoms with van der Waals surface area (Å²) in [6.07, 6.45) is 5.02. The quantitative estimate of drug-likeness (QED) is 0.229. The number of rotatable bonds is 13. The average Bonchev–Trinajstić information content (AvgIpc) is 3.53. The van der Waals surface area contributed by atoms with Crippen LogP contribution in [0.3, 0.4) is 0 Å². The molecule has 1 aromatic carbocycles. The van der Waals surface area contributed by atoms with Crippen molar-refractivity contribution in [2.24, 2.45) is 0 Å². The number of hydrogen-bond acceptors (Lipinski definition) is 6. The van der Waals surface area contributed by atoms with Crippen molar-refractivity contribution in [3.63, 3.8) is 0 Å². The summed E-state index contributed by atoms with van der Waals surface area (Å²) in [4.78, 5) is 37.2. The molecule has 0 aliphatic carbocycles. The first-order valence-corrected chi connectivity index (χ1v) is 13.1. The Labute approximate surface area is 220 Å². The minimum absolute atomic E-state index is 0.0409. The Bertz CT molecular complexity index is 1490. The molecule has 0 unspecified atom stereocenters. The molecule has 0 radical (unpaired) electrons. The van der Waals surface area contributed by atoms with Gasteiger partial charge in [-0.2, -0.15) is 0 Å². The molecule has 0 saturated carbocycles. The van der Waals surface area contributed by atoms with Crippen molar-refractivity contribution < 1.29 is 9.50 Å². The molecule has 11 heteroatoms. The molecule has 4 N–H and O–H groups in total. The highest BCUT2D eigenvalue weighted by atomic mass is 19.1. The molecule has 0 saturated heterocycles. The van der Waals surface area contributed by atoms with E-state index in [1.54, 1.807) is 12.1 Å².